The quantitative estimate of drug-likeness (QED) is 0.791. The lowest BCUT2D eigenvalue weighted by Gasteiger charge is -2.41. The standard InChI is InChI=1S/C18H20O3/c19-15-11-14(12-7-3-1-4-8-12)17(20)18(21)16(15)13-9-5-2-6-10-13/h1-10,14-21H,11H2/t14-,15-,16-,17+,18-/m0/s1. The van der Waals surface area contributed by atoms with Gasteiger partial charge < -0.3 is 15.3 Å². The molecule has 2 aromatic rings. The summed E-state index contributed by atoms with van der Waals surface area (Å²) in [6.45, 7) is 0. The molecule has 3 rings (SSSR count). The summed E-state index contributed by atoms with van der Waals surface area (Å²) in [6, 6.07) is 19.0. The summed E-state index contributed by atoms with van der Waals surface area (Å²) in [5.74, 6) is -0.683. The molecule has 1 saturated carbocycles. The Bertz CT molecular complexity index is 570. The van der Waals surface area contributed by atoms with Crippen LogP contribution in [0.3, 0.4) is 0 Å². The molecule has 0 amide bonds. The van der Waals surface area contributed by atoms with Gasteiger partial charge in [0.1, 0.15) is 0 Å². The van der Waals surface area contributed by atoms with Crippen LogP contribution in [0.2, 0.25) is 0 Å². The topological polar surface area (TPSA) is 60.7 Å². The summed E-state index contributed by atoms with van der Waals surface area (Å²) in [6.07, 6.45) is -2.07. The van der Waals surface area contributed by atoms with Gasteiger partial charge in [0.2, 0.25) is 0 Å². The minimum Gasteiger partial charge on any atom is -0.392 e. The third-order valence-corrected chi connectivity index (χ3v) is 4.45. The van der Waals surface area contributed by atoms with Crippen LogP contribution in [-0.2, 0) is 0 Å². The first kappa shape index (κ1) is 14.3. The number of rotatable bonds is 2. The van der Waals surface area contributed by atoms with Crippen molar-refractivity contribution in [3.63, 3.8) is 0 Å². The van der Waals surface area contributed by atoms with Gasteiger partial charge in [0.05, 0.1) is 18.3 Å². The van der Waals surface area contributed by atoms with Crippen molar-refractivity contribution in [3.05, 3.63) is 71.8 Å². The maximum atomic E-state index is 10.5. The average molecular weight is 284 g/mol. The lowest BCUT2D eigenvalue weighted by Crippen LogP contribution is -2.47. The fourth-order valence-electron chi connectivity index (χ4n) is 3.35. The number of benzene rings is 2. The van der Waals surface area contributed by atoms with Crippen molar-refractivity contribution in [1.82, 2.24) is 0 Å². The van der Waals surface area contributed by atoms with Crippen LogP contribution < -0.4 is 0 Å². The molecule has 0 bridgehead atoms. The molecule has 0 saturated heterocycles. The smallest absolute Gasteiger partial charge is 0.0898 e. The van der Waals surface area contributed by atoms with E-state index in [0.717, 1.165) is 11.1 Å². The Morgan fingerprint density at radius 1 is 0.667 bits per heavy atom. The van der Waals surface area contributed by atoms with Crippen LogP contribution in [0, 0.1) is 0 Å². The van der Waals surface area contributed by atoms with Crippen LogP contribution in [0.5, 0.6) is 0 Å². The maximum Gasteiger partial charge on any atom is 0.0898 e. The Morgan fingerprint density at radius 2 is 1.19 bits per heavy atom. The zero-order valence-corrected chi connectivity index (χ0v) is 11.7. The van der Waals surface area contributed by atoms with Gasteiger partial charge in [-0.05, 0) is 17.5 Å². The zero-order chi connectivity index (χ0) is 14.8. The summed E-state index contributed by atoms with van der Waals surface area (Å²) >= 11 is 0. The molecular weight excluding hydrogens is 264 g/mol. The van der Waals surface area contributed by atoms with E-state index in [9.17, 15) is 15.3 Å². The highest BCUT2D eigenvalue weighted by Crippen LogP contribution is 2.41. The van der Waals surface area contributed by atoms with Crippen molar-refractivity contribution in [2.45, 2.75) is 36.6 Å². The summed E-state index contributed by atoms with van der Waals surface area (Å²) in [5.41, 5.74) is 1.82. The van der Waals surface area contributed by atoms with Crippen LogP contribution in [0.1, 0.15) is 29.4 Å². The highest BCUT2D eigenvalue weighted by Gasteiger charge is 2.43. The third-order valence-electron chi connectivity index (χ3n) is 4.45. The van der Waals surface area contributed by atoms with Crippen LogP contribution in [-0.4, -0.2) is 33.6 Å². The highest BCUT2D eigenvalue weighted by molar-refractivity contribution is 5.28. The molecule has 0 heterocycles. The Kier molecular flexibility index (Phi) is 4.06. The molecule has 3 N–H and O–H groups in total. The van der Waals surface area contributed by atoms with Gasteiger partial charge in [0.15, 0.2) is 0 Å². The van der Waals surface area contributed by atoms with Crippen molar-refractivity contribution in [2.75, 3.05) is 0 Å². The van der Waals surface area contributed by atoms with Crippen molar-refractivity contribution < 1.29 is 15.3 Å². The third kappa shape index (κ3) is 2.72. The fourth-order valence-corrected chi connectivity index (χ4v) is 3.35. The molecule has 1 aliphatic carbocycles. The summed E-state index contributed by atoms with van der Waals surface area (Å²) in [4.78, 5) is 0. The zero-order valence-electron chi connectivity index (χ0n) is 11.7. The van der Waals surface area contributed by atoms with E-state index in [1.165, 1.54) is 0 Å². The number of aliphatic hydroxyl groups is 3. The molecule has 1 fully saturated rings. The van der Waals surface area contributed by atoms with E-state index in [0.29, 0.717) is 6.42 Å². The molecule has 0 aromatic heterocycles. The van der Waals surface area contributed by atoms with Gasteiger partial charge in [-0.1, -0.05) is 60.7 Å². The predicted molar refractivity (Wildman–Crippen MR) is 81.0 cm³/mol. The van der Waals surface area contributed by atoms with Gasteiger partial charge in [0.25, 0.3) is 0 Å². The van der Waals surface area contributed by atoms with E-state index in [2.05, 4.69) is 0 Å². The summed E-state index contributed by atoms with van der Waals surface area (Å²) < 4.78 is 0. The molecule has 0 aliphatic heterocycles. The van der Waals surface area contributed by atoms with Gasteiger partial charge in [-0.25, -0.2) is 0 Å². The first-order chi connectivity index (χ1) is 10.2. The van der Waals surface area contributed by atoms with E-state index in [4.69, 9.17) is 0 Å². The molecular formula is C18H20O3. The van der Waals surface area contributed by atoms with Crippen LogP contribution in [0.25, 0.3) is 0 Å². The molecule has 2 aromatic carbocycles. The highest BCUT2D eigenvalue weighted by atomic mass is 16.3. The minimum atomic E-state index is -0.971. The van der Waals surface area contributed by atoms with E-state index in [-0.39, 0.29) is 5.92 Å². The second-order valence-electron chi connectivity index (χ2n) is 5.74. The van der Waals surface area contributed by atoms with E-state index >= 15 is 0 Å². The predicted octanol–water partition coefficient (Wildman–Crippen LogP) is 2.04. The van der Waals surface area contributed by atoms with Gasteiger partial charge in [-0.2, -0.15) is 0 Å². The molecule has 0 spiro atoms. The molecule has 5 atom stereocenters. The summed E-state index contributed by atoms with van der Waals surface area (Å²) in [7, 11) is 0. The van der Waals surface area contributed by atoms with Crippen molar-refractivity contribution >= 4 is 0 Å². The Balaban J connectivity index is 1.88. The summed E-state index contributed by atoms with van der Waals surface area (Å²) in [5, 5.41) is 31.4. The Labute approximate surface area is 124 Å². The molecule has 0 unspecified atom stereocenters. The Morgan fingerprint density at radius 3 is 1.76 bits per heavy atom. The van der Waals surface area contributed by atoms with Gasteiger partial charge in [-0.15, -0.1) is 0 Å². The first-order valence-electron chi connectivity index (χ1n) is 7.32. The number of hydrogen-bond acceptors (Lipinski definition) is 3. The number of aliphatic hydroxyl groups excluding tert-OH is 3. The maximum absolute atomic E-state index is 10.5. The van der Waals surface area contributed by atoms with Crippen molar-refractivity contribution in [3.8, 4) is 0 Å². The molecule has 0 radical (unpaired) electrons. The van der Waals surface area contributed by atoms with Crippen LogP contribution in [0.15, 0.2) is 60.7 Å². The van der Waals surface area contributed by atoms with Gasteiger partial charge in [0, 0.05) is 11.8 Å². The minimum absolute atomic E-state index is 0.240. The van der Waals surface area contributed by atoms with Crippen molar-refractivity contribution in [1.29, 1.82) is 0 Å². The average Bonchev–Trinajstić information content (AvgIpc) is 2.53. The monoisotopic (exact) mass is 284 g/mol. The lowest BCUT2D eigenvalue weighted by molar-refractivity contribution is -0.0799. The number of hydrogen-bond donors (Lipinski definition) is 3. The lowest BCUT2D eigenvalue weighted by atomic mass is 9.71. The SMILES string of the molecule is O[C@@H]1[C@H](O)[C@H](c2ccccc2)C[C@H](O)[C@@H]1c1ccccc1. The van der Waals surface area contributed by atoms with Crippen LogP contribution in [0.4, 0.5) is 0 Å². The Hall–Kier alpha value is -1.68. The van der Waals surface area contributed by atoms with Gasteiger partial charge >= 0.3 is 0 Å². The molecule has 21 heavy (non-hydrogen) atoms. The molecule has 110 valence electrons. The van der Waals surface area contributed by atoms with Gasteiger partial charge in [-0.3, -0.25) is 0 Å². The molecule has 3 heteroatoms. The van der Waals surface area contributed by atoms with Crippen LogP contribution >= 0.6 is 0 Å². The first-order valence-corrected chi connectivity index (χ1v) is 7.32. The second kappa shape index (κ2) is 5.98. The van der Waals surface area contributed by atoms with E-state index in [1.807, 2.05) is 60.7 Å². The molecule has 3 nitrogen and oxygen atoms in total. The van der Waals surface area contributed by atoms with Crippen molar-refractivity contribution in [2.24, 2.45) is 0 Å². The molecule has 1 aliphatic rings. The fraction of sp³-hybridized carbons (Fsp3) is 0.333. The van der Waals surface area contributed by atoms with E-state index in [1.54, 1.807) is 0 Å². The normalized spacial score (nSPS) is 32.8. The van der Waals surface area contributed by atoms with E-state index < -0.39 is 24.2 Å². The second-order valence-corrected chi connectivity index (χ2v) is 5.74. The largest absolute Gasteiger partial charge is 0.392 e.